The van der Waals surface area contributed by atoms with Crippen LogP contribution in [0.2, 0.25) is 0 Å². The molecule has 0 aliphatic heterocycles. The van der Waals surface area contributed by atoms with E-state index in [1.807, 2.05) is 35.2 Å². The average molecular weight is 370 g/mol. The number of hydrogen-bond acceptors (Lipinski definition) is 3. The summed E-state index contributed by atoms with van der Waals surface area (Å²) in [5, 5.41) is 1.86. The molecule has 4 nitrogen and oxygen atoms in total. The summed E-state index contributed by atoms with van der Waals surface area (Å²) in [5.74, 6) is 0.713. The molecule has 0 fully saturated rings. The first-order chi connectivity index (χ1) is 13.0. The summed E-state index contributed by atoms with van der Waals surface area (Å²) >= 11 is 0. The molecule has 0 aliphatic carbocycles. The van der Waals surface area contributed by atoms with Crippen LogP contribution in [0.4, 0.5) is 0 Å². The lowest BCUT2D eigenvalue weighted by Gasteiger charge is -2.22. The number of carbonyl (C=O) groups is 2. The summed E-state index contributed by atoms with van der Waals surface area (Å²) in [6.45, 7) is 9.38. The Bertz CT molecular complexity index is 792. The number of ether oxygens (including phenoxy) is 1. The molecular formula is C23H31NO3. The molecule has 1 amide bonds. The molecule has 2 aromatic rings. The number of fused-ring (bicyclic) bond motifs is 1. The van der Waals surface area contributed by atoms with Crippen LogP contribution in [-0.2, 0) is 11.2 Å². The third-order valence-electron chi connectivity index (χ3n) is 4.68. The molecule has 0 aromatic heterocycles. The van der Waals surface area contributed by atoms with Crippen LogP contribution in [0.25, 0.3) is 10.8 Å². The van der Waals surface area contributed by atoms with Crippen LogP contribution in [0.15, 0.2) is 30.3 Å². The van der Waals surface area contributed by atoms with Crippen molar-refractivity contribution in [3.63, 3.8) is 0 Å². The van der Waals surface area contributed by atoms with Gasteiger partial charge >= 0.3 is 0 Å². The molecule has 0 N–H and O–H groups in total. The van der Waals surface area contributed by atoms with Gasteiger partial charge in [-0.25, -0.2) is 0 Å². The van der Waals surface area contributed by atoms with Crippen LogP contribution in [-0.4, -0.2) is 36.3 Å². The van der Waals surface area contributed by atoms with E-state index >= 15 is 0 Å². The second-order valence-electron chi connectivity index (χ2n) is 6.93. The highest BCUT2D eigenvalue weighted by atomic mass is 16.5. The highest BCUT2D eigenvalue weighted by molar-refractivity contribution is 6.09. The van der Waals surface area contributed by atoms with Gasteiger partial charge in [-0.15, -0.1) is 0 Å². The van der Waals surface area contributed by atoms with Crippen molar-refractivity contribution in [2.24, 2.45) is 0 Å². The standard InChI is InChI=1S/C23H31NO3/c1-5-9-18-12-13-21(20-11-8-10-19(17(4)25)23(18)20)27-16-22(26)24(14-6-2)15-7-3/h8,10-13H,5-7,9,14-16H2,1-4H3. The summed E-state index contributed by atoms with van der Waals surface area (Å²) in [4.78, 5) is 26.5. The molecule has 146 valence electrons. The van der Waals surface area contributed by atoms with Gasteiger partial charge in [0.1, 0.15) is 5.75 Å². The normalized spacial score (nSPS) is 10.8. The Hall–Kier alpha value is -2.36. The van der Waals surface area contributed by atoms with Gasteiger partial charge in [0.25, 0.3) is 5.91 Å². The number of Topliss-reactive ketones (excluding diaryl/α,β-unsaturated/α-hetero) is 1. The maximum Gasteiger partial charge on any atom is 0.260 e. The van der Waals surface area contributed by atoms with Gasteiger partial charge in [0.15, 0.2) is 12.4 Å². The van der Waals surface area contributed by atoms with Crippen molar-refractivity contribution in [1.82, 2.24) is 4.90 Å². The molecule has 2 rings (SSSR count). The van der Waals surface area contributed by atoms with E-state index in [-0.39, 0.29) is 18.3 Å². The third kappa shape index (κ3) is 5.09. The lowest BCUT2D eigenvalue weighted by molar-refractivity contribution is -0.133. The topological polar surface area (TPSA) is 46.6 Å². The van der Waals surface area contributed by atoms with E-state index in [2.05, 4.69) is 20.8 Å². The predicted octanol–water partition coefficient (Wildman–Crippen LogP) is 5.02. The van der Waals surface area contributed by atoms with Crippen molar-refractivity contribution in [2.45, 2.75) is 53.4 Å². The smallest absolute Gasteiger partial charge is 0.260 e. The molecule has 27 heavy (non-hydrogen) atoms. The number of rotatable bonds is 10. The van der Waals surface area contributed by atoms with E-state index in [0.717, 1.165) is 55.1 Å². The Morgan fingerprint density at radius 1 is 0.963 bits per heavy atom. The van der Waals surface area contributed by atoms with Crippen LogP contribution in [0.5, 0.6) is 5.75 Å². The summed E-state index contributed by atoms with van der Waals surface area (Å²) in [6, 6.07) is 9.66. The van der Waals surface area contributed by atoms with E-state index in [1.165, 1.54) is 0 Å². The van der Waals surface area contributed by atoms with Gasteiger partial charge in [0.2, 0.25) is 0 Å². The maximum absolute atomic E-state index is 12.5. The number of benzene rings is 2. The number of nitrogens with zero attached hydrogens (tertiary/aromatic N) is 1. The van der Waals surface area contributed by atoms with E-state index in [0.29, 0.717) is 11.3 Å². The van der Waals surface area contributed by atoms with E-state index in [9.17, 15) is 9.59 Å². The minimum Gasteiger partial charge on any atom is -0.483 e. The predicted molar refractivity (Wildman–Crippen MR) is 111 cm³/mol. The molecule has 0 heterocycles. The van der Waals surface area contributed by atoms with Gasteiger partial charge in [-0.3, -0.25) is 9.59 Å². The van der Waals surface area contributed by atoms with Crippen molar-refractivity contribution in [2.75, 3.05) is 19.7 Å². The lowest BCUT2D eigenvalue weighted by Crippen LogP contribution is -2.36. The number of aryl methyl sites for hydroxylation is 1. The Balaban J connectivity index is 2.34. The van der Waals surface area contributed by atoms with Crippen LogP contribution in [0.1, 0.15) is 62.9 Å². The highest BCUT2D eigenvalue weighted by Gasteiger charge is 2.16. The molecule has 0 saturated heterocycles. The van der Waals surface area contributed by atoms with Gasteiger partial charge in [-0.05, 0) is 43.2 Å². The Morgan fingerprint density at radius 3 is 2.26 bits per heavy atom. The first kappa shape index (κ1) is 20.9. The van der Waals surface area contributed by atoms with Gasteiger partial charge in [0, 0.05) is 24.0 Å². The molecule has 0 radical (unpaired) electrons. The molecule has 2 aromatic carbocycles. The van der Waals surface area contributed by atoms with Gasteiger partial charge in [-0.2, -0.15) is 0 Å². The highest BCUT2D eigenvalue weighted by Crippen LogP contribution is 2.32. The second-order valence-corrected chi connectivity index (χ2v) is 6.93. The molecule has 4 heteroatoms. The fourth-order valence-electron chi connectivity index (χ4n) is 3.48. The van der Waals surface area contributed by atoms with Gasteiger partial charge in [-0.1, -0.05) is 51.5 Å². The van der Waals surface area contributed by atoms with E-state index in [1.54, 1.807) is 6.92 Å². The van der Waals surface area contributed by atoms with Gasteiger partial charge < -0.3 is 9.64 Å². The second kappa shape index (κ2) is 10.1. The lowest BCUT2D eigenvalue weighted by atomic mass is 9.94. The molecule has 0 aliphatic rings. The summed E-state index contributed by atoms with van der Waals surface area (Å²) in [6.07, 6.45) is 3.77. The monoisotopic (exact) mass is 369 g/mol. The van der Waals surface area contributed by atoms with Crippen LogP contribution in [0.3, 0.4) is 0 Å². The SMILES string of the molecule is CCCc1ccc(OCC(=O)N(CCC)CCC)c2cccc(C(C)=O)c12. The molecule has 0 saturated carbocycles. The minimum absolute atomic E-state index is 0.00667. The molecule has 0 atom stereocenters. The van der Waals surface area contributed by atoms with Crippen molar-refractivity contribution in [3.05, 3.63) is 41.5 Å². The molecule has 0 bridgehead atoms. The van der Waals surface area contributed by atoms with Gasteiger partial charge in [0.05, 0.1) is 0 Å². The van der Waals surface area contributed by atoms with Crippen LogP contribution in [0, 0.1) is 0 Å². The Kier molecular flexibility index (Phi) is 7.83. The van der Waals surface area contributed by atoms with Crippen molar-refractivity contribution >= 4 is 22.5 Å². The first-order valence-corrected chi connectivity index (χ1v) is 9.99. The number of ketones is 1. The zero-order valence-electron chi connectivity index (χ0n) is 17.0. The Morgan fingerprint density at radius 2 is 1.67 bits per heavy atom. The fraction of sp³-hybridized carbons (Fsp3) is 0.478. The first-order valence-electron chi connectivity index (χ1n) is 9.99. The van der Waals surface area contributed by atoms with E-state index in [4.69, 9.17) is 4.74 Å². The van der Waals surface area contributed by atoms with Crippen LogP contribution < -0.4 is 4.74 Å². The average Bonchev–Trinajstić information content (AvgIpc) is 2.66. The van der Waals surface area contributed by atoms with E-state index < -0.39 is 0 Å². The number of hydrogen-bond donors (Lipinski definition) is 0. The zero-order chi connectivity index (χ0) is 19.8. The van der Waals surface area contributed by atoms with Crippen LogP contribution >= 0.6 is 0 Å². The quantitative estimate of drug-likeness (QED) is 0.552. The minimum atomic E-state index is 0.00667. The van der Waals surface area contributed by atoms with Crippen molar-refractivity contribution in [1.29, 1.82) is 0 Å². The fourth-order valence-corrected chi connectivity index (χ4v) is 3.48. The summed E-state index contributed by atoms with van der Waals surface area (Å²) in [5.41, 5.74) is 1.86. The number of carbonyl (C=O) groups excluding carboxylic acids is 2. The maximum atomic E-state index is 12.5. The van der Waals surface area contributed by atoms with Crippen molar-refractivity contribution in [3.8, 4) is 5.75 Å². The Labute approximate surface area is 162 Å². The summed E-state index contributed by atoms with van der Waals surface area (Å²) < 4.78 is 5.92. The van der Waals surface area contributed by atoms with Crippen molar-refractivity contribution < 1.29 is 14.3 Å². The molecule has 0 spiro atoms. The third-order valence-corrected chi connectivity index (χ3v) is 4.68. The largest absolute Gasteiger partial charge is 0.483 e. The molecular weight excluding hydrogens is 338 g/mol. The summed E-state index contributed by atoms with van der Waals surface area (Å²) in [7, 11) is 0. The number of amides is 1. The zero-order valence-corrected chi connectivity index (χ0v) is 17.0. The molecule has 0 unspecified atom stereocenters.